The van der Waals surface area contributed by atoms with Crippen LogP contribution in [0, 0.1) is 6.92 Å². The molecule has 0 saturated heterocycles. The maximum absolute atomic E-state index is 13.1. The van der Waals surface area contributed by atoms with Gasteiger partial charge in [0.25, 0.3) is 6.33 Å². The molecule has 5 aromatic rings. The molecule has 0 atom stereocenters. The molecule has 5 rings (SSSR count). The minimum atomic E-state index is -0.664. The first kappa shape index (κ1) is 23.6. The Morgan fingerprint density at radius 1 is 0.838 bits per heavy atom. The van der Waals surface area contributed by atoms with E-state index in [1.54, 1.807) is 77.4 Å². The van der Waals surface area contributed by atoms with E-state index in [0.717, 1.165) is 5.69 Å². The number of aromatic nitrogens is 4. The molecule has 0 aliphatic rings. The van der Waals surface area contributed by atoms with E-state index in [1.807, 2.05) is 49.4 Å². The maximum atomic E-state index is 13.1. The van der Waals surface area contributed by atoms with Crippen LogP contribution in [0.5, 0.6) is 11.5 Å². The Morgan fingerprint density at radius 2 is 1.41 bits per heavy atom. The lowest BCUT2D eigenvalue weighted by molar-refractivity contribution is -0.570. The highest BCUT2D eigenvalue weighted by molar-refractivity contribution is 5.88. The van der Waals surface area contributed by atoms with Crippen LogP contribution >= 0.6 is 0 Å². The second kappa shape index (κ2) is 10.2. The fourth-order valence-electron chi connectivity index (χ4n) is 3.85. The Morgan fingerprint density at radius 3 is 2.03 bits per heavy atom. The summed E-state index contributed by atoms with van der Waals surface area (Å²) in [6, 6.07) is 27.0. The lowest BCUT2D eigenvalue weighted by Crippen LogP contribution is -2.45. The number of benzene rings is 3. The van der Waals surface area contributed by atoms with Gasteiger partial charge in [0.2, 0.25) is 5.69 Å². The summed E-state index contributed by atoms with van der Waals surface area (Å²) in [4.78, 5) is 25.9. The average Bonchev–Trinajstić information content (AvgIpc) is 3.45. The molecule has 1 amide bonds. The molecule has 0 fully saturated rings. The van der Waals surface area contributed by atoms with Crippen LogP contribution in [0.15, 0.2) is 104 Å². The van der Waals surface area contributed by atoms with Crippen LogP contribution in [0.4, 0.5) is 15.4 Å². The number of rotatable bonds is 5. The molecule has 0 aliphatic carbocycles. The number of carbonyl (C=O) groups is 2. The Balaban J connectivity index is 1.54. The van der Waals surface area contributed by atoms with E-state index in [4.69, 9.17) is 14.6 Å². The third kappa shape index (κ3) is 5.10. The van der Waals surface area contributed by atoms with Crippen molar-refractivity contribution in [3.8, 4) is 28.6 Å². The van der Waals surface area contributed by atoms with Crippen LogP contribution in [0.3, 0.4) is 0 Å². The third-order valence-electron chi connectivity index (χ3n) is 5.57. The molecule has 2 heterocycles. The van der Waals surface area contributed by atoms with Crippen molar-refractivity contribution in [3.63, 3.8) is 0 Å². The van der Waals surface area contributed by atoms with Gasteiger partial charge >= 0.3 is 12.2 Å². The summed E-state index contributed by atoms with van der Waals surface area (Å²) >= 11 is 0. The van der Waals surface area contributed by atoms with E-state index < -0.39 is 12.2 Å². The van der Waals surface area contributed by atoms with Gasteiger partial charge in [-0.25, -0.2) is 14.0 Å². The highest BCUT2D eigenvalue weighted by Crippen LogP contribution is 2.29. The summed E-state index contributed by atoms with van der Waals surface area (Å²) in [5, 5.41) is 7.60. The number of nitrogens with one attached hydrogen (secondary N) is 1. The number of nitrogens with zero attached hydrogens (tertiary/aromatic N) is 4. The monoisotopic (exact) mass is 494 g/mol. The minimum absolute atomic E-state index is 0.410. The van der Waals surface area contributed by atoms with Crippen molar-refractivity contribution in [1.29, 1.82) is 0 Å². The van der Waals surface area contributed by atoms with Crippen molar-refractivity contribution in [2.24, 2.45) is 7.05 Å². The Bertz CT molecular complexity index is 1540. The number of amides is 1. The highest BCUT2D eigenvalue weighted by Gasteiger charge is 2.29. The number of aryl methyl sites for hydroxylation is 1. The Hall–Kier alpha value is -5.18. The maximum Gasteiger partial charge on any atom is 0.517 e. The molecule has 9 heteroatoms. The van der Waals surface area contributed by atoms with Crippen LogP contribution in [-0.4, -0.2) is 26.5 Å². The summed E-state index contributed by atoms with van der Waals surface area (Å²) in [7, 11) is 1.80. The molecule has 0 radical (unpaired) electrons. The molecule has 184 valence electrons. The van der Waals surface area contributed by atoms with Crippen LogP contribution in [0.1, 0.15) is 5.56 Å². The third-order valence-corrected chi connectivity index (χ3v) is 5.57. The number of hydrogen-bond donors (Lipinski definition) is 1. The zero-order valence-corrected chi connectivity index (χ0v) is 20.2. The van der Waals surface area contributed by atoms with E-state index in [-0.39, 0.29) is 0 Å². The van der Waals surface area contributed by atoms with Gasteiger partial charge in [-0.05, 0) is 43.3 Å². The van der Waals surface area contributed by atoms with Crippen molar-refractivity contribution in [2.45, 2.75) is 6.92 Å². The summed E-state index contributed by atoms with van der Waals surface area (Å²) in [5.41, 5.74) is 2.35. The standard InChI is InChI=1S/C28H23N5O4/c1-20-25(24-18-31(2)19-32(24)28(35)37-23-16-10-5-11-17-23)30-33(21-12-6-3-7-13-21)26(20)29-27(34)36-22-14-8-4-9-15-22/h3-19H,1-2H3/p+1. The van der Waals surface area contributed by atoms with Gasteiger partial charge in [-0.1, -0.05) is 54.6 Å². The zero-order valence-electron chi connectivity index (χ0n) is 20.2. The molecular weight excluding hydrogens is 470 g/mol. The van der Waals surface area contributed by atoms with Crippen LogP contribution < -0.4 is 19.4 Å². The van der Waals surface area contributed by atoms with Gasteiger partial charge in [0.15, 0.2) is 0 Å². The fourth-order valence-corrected chi connectivity index (χ4v) is 3.85. The van der Waals surface area contributed by atoms with Crippen molar-refractivity contribution >= 4 is 18.0 Å². The van der Waals surface area contributed by atoms with E-state index in [2.05, 4.69) is 5.32 Å². The normalized spacial score (nSPS) is 10.6. The molecular formula is C28H24N5O4+. The molecule has 0 unspecified atom stereocenters. The fraction of sp³-hybridized carbons (Fsp3) is 0.0714. The molecule has 0 spiro atoms. The summed E-state index contributed by atoms with van der Waals surface area (Å²) < 4.78 is 15.7. The lowest BCUT2D eigenvalue weighted by Gasteiger charge is -2.10. The van der Waals surface area contributed by atoms with E-state index in [0.29, 0.717) is 34.3 Å². The first-order chi connectivity index (χ1) is 18.0. The van der Waals surface area contributed by atoms with E-state index >= 15 is 0 Å². The molecule has 37 heavy (non-hydrogen) atoms. The summed E-state index contributed by atoms with van der Waals surface area (Å²) in [5.74, 6) is 1.24. The van der Waals surface area contributed by atoms with Gasteiger partial charge in [-0.2, -0.15) is 9.89 Å². The second-order valence-corrected chi connectivity index (χ2v) is 8.24. The topological polar surface area (TPSA) is 91.3 Å². The second-order valence-electron chi connectivity index (χ2n) is 8.24. The Kier molecular flexibility index (Phi) is 6.50. The predicted molar refractivity (Wildman–Crippen MR) is 137 cm³/mol. The zero-order chi connectivity index (χ0) is 25.8. The van der Waals surface area contributed by atoms with Gasteiger partial charge < -0.3 is 9.47 Å². The Labute approximate surface area is 213 Å². The van der Waals surface area contributed by atoms with Gasteiger partial charge in [0.05, 0.1) is 12.7 Å². The van der Waals surface area contributed by atoms with Crippen LogP contribution in [0.25, 0.3) is 17.1 Å². The number of ether oxygens (including phenoxy) is 2. The van der Waals surface area contributed by atoms with Crippen molar-refractivity contribution in [1.82, 2.24) is 14.3 Å². The summed E-state index contributed by atoms with van der Waals surface area (Å²) in [6.45, 7) is 1.82. The molecule has 3 aromatic carbocycles. The molecule has 1 N–H and O–H groups in total. The largest absolute Gasteiger partial charge is 0.517 e. The minimum Gasteiger partial charge on any atom is -0.410 e. The number of para-hydroxylation sites is 3. The van der Waals surface area contributed by atoms with Gasteiger partial charge in [-0.3, -0.25) is 5.32 Å². The number of hydrogen-bond acceptors (Lipinski definition) is 5. The first-order valence-corrected chi connectivity index (χ1v) is 11.5. The van der Waals surface area contributed by atoms with Gasteiger partial charge in [0, 0.05) is 5.56 Å². The van der Waals surface area contributed by atoms with Gasteiger partial charge in [-0.15, -0.1) is 4.57 Å². The molecule has 0 aliphatic heterocycles. The van der Waals surface area contributed by atoms with Crippen molar-refractivity contribution in [2.75, 3.05) is 5.32 Å². The molecule has 0 bridgehead atoms. The SMILES string of the molecule is Cc1c(-c2cn(C)c[n+]2C(=O)Oc2ccccc2)nn(-c2ccccc2)c1NC(=O)Oc1ccccc1. The quantitative estimate of drug-likeness (QED) is 0.342. The number of carbonyl (C=O) groups excluding carboxylic acids is 2. The molecule has 0 saturated carbocycles. The molecule has 2 aromatic heterocycles. The van der Waals surface area contributed by atoms with Crippen LogP contribution in [-0.2, 0) is 7.05 Å². The number of imidazole rings is 1. The highest BCUT2D eigenvalue weighted by atomic mass is 16.6. The van der Waals surface area contributed by atoms with Gasteiger partial charge in [0.1, 0.15) is 29.2 Å². The molecule has 9 nitrogen and oxygen atoms in total. The average molecular weight is 495 g/mol. The first-order valence-electron chi connectivity index (χ1n) is 11.5. The predicted octanol–water partition coefficient (Wildman–Crippen LogP) is 5.13. The van der Waals surface area contributed by atoms with Crippen molar-refractivity contribution in [3.05, 3.63) is 109 Å². The lowest BCUT2D eigenvalue weighted by atomic mass is 10.2. The number of anilines is 1. The van der Waals surface area contributed by atoms with E-state index in [1.165, 1.54) is 4.57 Å². The van der Waals surface area contributed by atoms with Crippen LogP contribution in [0.2, 0.25) is 0 Å². The summed E-state index contributed by atoms with van der Waals surface area (Å²) in [6.07, 6.45) is 2.12. The van der Waals surface area contributed by atoms with E-state index in [9.17, 15) is 9.59 Å². The smallest absolute Gasteiger partial charge is 0.410 e. The van der Waals surface area contributed by atoms with Crippen molar-refractivity contribution < 1.29 is 23.6 Å².